The van der Waals surface area contributed by atoms with Crippen LogP contribution in [0.2, 0.25) is 0 Å². The molecule has 0 radical (unpaired) electrons. The summed E-state index contributed by atoms with van der Waals surface area (Å²) in [7, 11) is 0. The number of rotatable bonds is 4. The molecule has 4 nitrogen and oxygen atoms in total. The molecule has 1 aliphatic heterocycles. The van der Waals surface area contributed by atoms with E-state index in [-0.39, 0.29) is 12.2 Å². The van der Waals surface area contributed by atoms with Gasteiger partial charge in [0, 0.05) is 13.2 Å². The van der Waals surface area contributed by atoms with Crippen molar-refractivity contribution in [3.05, 3.63) is 0 Å². The van der Waals surface area contributed by atoms with Gasteiger partial charge < -0.3 is 14.4 Å². The molecule has 106 valence electrons. The molecule has 1 rings (SSSR count). The third-order valence-electron chi connectivity index (χ3n) is 2.88. The highest BCUT2D eigenvalue weighted by Crippen LogP contribution is 2.17. The molecular weight excluding hydrogens is 230 g/mol. The lowest BCUT2D eigenvalue weighted by atomic mass is 10.1. The Hall–Kier alpha value is -0.770. The van der Waals surface area contributed by atoms with E-state index in [1.807, 2.05) is 20.8 Å². The van der Waals surface area contributed by atoms with Gasteiger partial charge in [-0.3, -0.25) is 0 Å². The average Bonchev–Trinajstić information content (AvgIpc) is 2.27. The van der Waals surface area contributed by atoms with E-state index < -0.39 is 5.60 Å². The molecule has 1 saturated heterocycles. The minimum atomic E-state index is -0.424. The highest BCUT2D eigenvalue weighted by atomic mass is 16.6. The molecule has 0 aliphatic carbocycles. The Bertz CT molecular complexity index is 260. The number of amides is 1. The van der Waals surface area contributed by atoms with Crippen LogP contribution < -0.4 is 0 Å². The lowest BCUT2D eigenvalue weighted by Gasteiger charge is -2.34. The van der Waals surface area contributed by atoms with Crippen LogP contribution in [-0.2, 0) is 9.47 Å². The summed E-state index contributed by atoms with van der Waals surface area (Å²) in [4.78, 5) is 13.7. The van der Waals surface area contributed by atoms with E-state index in [4.69, 9.17) is 9.47 Å². The van der Waals surface area contributed by atoms with Crippen molar-refractivity contribution in [1.82, 2.24) is 4.90 Å². The Balaban J connectivity index is 2.36. The molecule has 0 N–H and O–H groups in total. The second-order valence-electron chi connectivity index (χ2n) is 5.91. The van der Waals surface area contributed by atoms with Crippen LogP contribution in [0, 0.1) is 0 Å². The van der Waals surface area contributed by atoms with Crippen molar-refractivity contribution in [3.8, 4) is 0 Å². The van der Waals surface area contributed by atoms with E-state index >= 15 is 0 Å². The molecule has 0 saturated carbocycles. The highest BCUT2D eigenvalue weighted by Gasteiger charge is 2.27. The van der Waals surface area contributed by atoms with Gasteiger partial charge in [-0.2, -0.15) is 0 Å². The Labute approximate surface area is 111 Å². The first-order valence-corrected chi connectivity index (χ1v) is 7.02. The van der Waals surface area contributed by atoms with Crippen molar-refractivity contribution >= 4 is 6.09 Å². The number of carbonyl (C=O) groups excluding carboxylic acids is 1. The number of nitrogens with zero attached hydrogens (tertiary/aromatic N) is 1. The van der Waals surface area contributed by atoms with E-state index in [9.17, 15) is 4.79 Å². The molecule has 1 fully saturated rings. The van der Waals surface area contributed by atoms with Crippen molar-refractivity contribution in [1.29, 1.82) is 0 Å². The quantitative estimate of drug-likeness (QED) is 0.726. The van der Waals surface area contributed by atoms with Crippen molar-refractivity contribution in [3.63, 3.8) is 0 Å². The van der Waals surface area contributed by atoms with Gasteiger partial charge in [0.2, 0.25) is 0 Å². The van der Waals surface area contributed by atoms with Gasteiger partial charge in [0.25, 0.3) is 0 Å². The van der Waals surface area contributed by atoms with Crippen LogP contribution in [0.1, 0.15) is 53.4 Å². The fraction of sp³-hybridized carbons (Fsp3) is 0.929. The molecule has 1 heterocycles. The van der Waals surface area contributed by atoms with Crippen LogP contribution in [0.5, 0.6) is 0 Å². The van der Waals surface area contributed by atoms with Gasteiger partial charge in [0.15, 0.2) is 0 Å². The Kier molecular flexibility index (Phi) is 5.93. The maximum Gasteiger partial charge on any atom is 0.410 e. The third-order valence-corrected chi connectivity index (χ3v) is 2.88. The SMILES string of the molecule is CCCCOC1CCCN(C(=O)OC(C)(C)C)C1. The fourth-order valence-electron chi connectivity index (χ4n) is 1.96. The smallest absolute Gasteiger partial charge is 0.410 e. The Morgan fingerprint density at radius 3 is 2.72 bits per heavy atom. The van der Waals surface area contributed by atoms with Crippen molar-refractivity contribution in [2.75, 3.05) is 19.7 Å². The maximum atomic E-state index is 11.9. The average molecular weight is 257 g/mol. The normalized spacial score (nSPS) is 20.9. The maximum absolute atomic E-state index is 11.9. The lowest BCUT2D eigenvalue weighted by Crippen LogP contribution is -2.45. The third kappa shape index (κ3) is 5.71. The summed E-state index contributed by atoms with van der Waals surface area (Å²) in [5.41, 5.74) is -0.424. The van der Waals surface area contributed by atoms with E-state index in [0.29, 0.717) is 6.54 Å². The first kappa shape index (κ1) is 15.3. The van der Waals surface area contributed by atoms with Crippen LogP contribution in [0.25, 0.3) is 0 Å². The number of likely N-dealkylation sites (tertiary alicyclic amines) is 1. The molecule has 4 heteroatoms. The Morgan fingerprint density at radius 1 is 1.39 bits per heavy atom. The van der Waals surface area contributed by atoms with Crippen molar-refractivity contribution < 1.29 is 14.3 Å². The molecule has 0 aromatic carbocycles. The van der Waals surface area contributed by atoms with Gasteiger partial charge >= 0.3 is 6.09 Å². The minimum Gasteiger partial charge on any atom is -0.444 e. The molecule has 1 unspecified atom stereocenters. The molecule has 0 bridgehead atoms. The number of carbonyl (C=O) groups is 1. The van der Waals surface area contributed by atoms with Crippen molar-refractivity contribution in [2.45, 2.75) is 65.1 Å². The molecule has 0 spiro atoms. The van der Waals surface area contributed by atoms with Gasteiger partial charge in [-0.15, -0.1) is 0 Å². The summed E-state index contributed by atoms with van der Waals surface area (Å²) >= 11 is 0. The Morgan fingerprint density at radius 2 is 2.11 bits per heavy atom. The van der Waals surface area contributed by atoms with E-state index in [1.165, 1.54) is 0 Å². The monoisotopic (exact) mass is 257 g/mol. The summed E-state index contributed by atoms with van der Waals surface area (Å²) in [5.74, 6) is 0. The van der Waals surface area contributed by atoms with Gasteiger partial charge in [0.1, 0.15) is 5.60 Å². The van der Waals surface area contributed by atoms with Crippen LogP contribution in [0.4, 0.5) is 4.79 Å². The molecule has 18 heavy (non-hydrogen) atoms. The first-order chi connectivity index (χ1) is 8.42. The van der Waals surface area contributed by atoms with Crippen LogP contribution in [0.15, 0.2) is 0 Å². The number of unbranched alkanes of at least 4 members (excludes halogenated alkanes) is 1. The summed E-state index contributed by atoms with van der Waals surface area (Å²) < 4.78 is 11.2. The zero-order valence-electron chi connectivity index (χ0n) is 12.2. The van der Waals surface area contributed by atoms with E-state index in [2.05, 4.69) is 6.92 Å². The number of hydrogen-bond donors (Lipinski definition) is 0. The summed E-state index contributed by atoms with van der Waals surface area (Å²) in [6.07, 6.45) is 4.23. The number of ether oxygens (including phenoxy) is 2. The van der Waals surface area contributed by atoms with Gasteiger partial charge in [-0.1, -0.05) is 13.3 Å². The molecular formula is C14H27NO3. The van der Waals surface area contributed by atoms with Gasteiger partial charge in [-0.25, -0.2) is 4.79 Å². The highest BCUT2D eigenvalue weighted by molar-refractivity contribution is 5.68. The van der Waals surface area contributed by atoms with Gasteiger partial charge in [0.05, 0.1) is 12.6 Å². The predicted molar refractivity (Wildman–Crippen MR) is 71.7 cm³/mol. The van der Waals surface area contributed by atoms with Crippen LogP contribution in [0.3, 0.4) is 0 Å². The molecule has 1 amide bonds. The predicted octanol–water partition coefficient (Wildman–Crippen LogP) is 3.20. The van der Waals surface area contributed by atoms with Crippen LogP contribution >= 0.6 is 0 Å². The second-order valence-corrected chi connectivity index (χ2v) is 5.91. The van der Waals surface area contributed by atoms with Gasteiger partial charge in [-0.05, 0) is 40.0 Å². The number of hydrogen-bond acceptors (Lipinski definition) is 3. The van der Waals surface area contributed by atoms with Crippen molar-refractivity contribution in [2.24, 2.45) is 0 Å². The standard InChI is InChI=1S/C14H27NO3/c1-5-6-10-17-12-8-7-9-15(11-12)13(16)18-14(2,3)4/h12H,5-11H2,1-4H3. The zero-order valence-corrected chi connectivity index (χ0v) is 12.2. The molecule has 0 aromatic heterocycles. The topological polar surface area (TPSA) is 38.8 Å². The second kappa shape index (κ2) is 6.98. The molecule has 0 aromatic rings. The lowest BCUT2D eigenvalue weighted by molar-refractivity contribution is -0.0208. The number of piperidine rings is 1. The summed E-state index contributed by atoms with van der Waals surface area (Å²) in [6, 6.07) is 0. The largest absolute Gasteiger partial charge is 0.444 e. The first-order valence-electron chi connectivity index (χ1n) is 7.02. The zero-order chi connectivity index (χ0) is 13.6. The molecule has 1 aliphatic rings. The fourth-order valence-corrected chi connectivity index (χ4v) is 1.96. The summed E-state index contributed by atoms with van der Waals surface area (Å²) in [5, 5.41) is 0. The van der Waals surface area contributed by atoms with E-state index in [1.54, 1.807) is 4.90 Å². The summed E-state index contributed by atoms with van der Waals surface area (Å²) in [6.45, 7) is 10.1. The van der Waals surface area contributed by atoms with E-state index in [0.717, 1.165) is 38.8 Å². The van der Waals surface area contributed by atoms with Crippen LogP contribution in [-0.4, -0.2) is 42.4 Å². The molecule has 1 atom stereocenters. The minimum absolute atomic E-state index is 0.179.